The third-order valence-electron chi connectivity index (χ3n) is 2.64. The van der Waals surface area contributed by atoms with Crippen molar-refractivity contribution in [2.24, 2.45) is 0 Å². The van der Waals surface area contributed by atoms with Gasteiger partial charge in [0.1, 0.15) is 22.8 Å². The fourth-order valence-corrected chi connectivity index (χ4v) is 1.84. The van der Waals surface area contributed by atoms with Crippen molar-refractivity contribution in [2.45, 2.75) is 6.42 Å². The number of ketones is 1. The molecule has 2 rings (SSSR count). The summed E-state index contributed by atoms with van der Waals surface area (Å²) in [5.74, 6) is -0.503. The molecule has 0 aromatic heterocycles. The molecule has 0 spiro atoms. The molecule has 0 saturated heterocycles. The van der Waals surface area contributed by atoms with Crippen LogP contribution in [0.5, 0.6) is 17.2 Å². The zero-order valence-corrected chi connectivity index (χ0v) is 10.0. The molecule has 1 aromatic carbocycles. The molecule has 0 unspecified atom stereocenters. The van der Waals surface area contributed by atoms with Crippen molar-refractivity contribution in [1.29, 1.82) is 0 Å². The van der Waals surface area contributed by atoms with Crippen molar-refractivity contribution in [1.82, 2.24) is 0 Å². The van der Waals surface area contributed by atoms with Crippen LogP contribution in [0.3, 0.4) is 0 Å². The summed E-state index contributed by atoms with van der Waals surface area (Å²) in [7, 11) is 0. The van der Waals surface area contributed by atoms with E-state index in [0.29, 0.717) is 5.56 Å². The molecule has 1 aromatic rings. The first-order valence-electron chi connectivity index (χ1n) is 5.42. The Morgan fingerprint density at radius 1 is 1.58 bits per heavy atom. The molecule has 0 amide bonds. The van der Waals surface area contributed by atoms with Gasteiger partial charge in [-0.3, -0.25) is 4.79 Å². The molecule has 6 heteroatoms. The molecule has 1 aliphatic heterocycles. The number of hydrogen-bond donors (Lipinski definition) is 2. The van der Waals surface area contributed by atoms with E-state index < -0.39 is 0 Å². The highest BCUT2D eigenvalue weighted by Crippen LogP contribution is 2.42. The molecule has 1 aliphatic rings. The minimum Gasteiger partial charge on any atom is -0.507 e. The van der Waals surface area contributed by atoms with Crippen molar-refractivity contribution in [3.8, 4) is 17.2 Å². The first-order valence-corrected chi connectivity index (χ1v) is 5.42. The number of phenols is 1. The smallest absolute Gasteiger partial charge is 0.314 e. The standard InChI is InChI=1S/C13H12O6/c1-3-4-8-10(18-7(2)19-16)5-11-12(13(8)15)9(14)6-17-11/h3,5,15-16H,1-2,4,6H2. The lowest BCUT2D eigenvalue weighted by molar-refractivity contribution is -0.230. The topological polar surface area (TPSA) is 85.2 Å². The normalized spacial score (nSPS) is 12.6. The van der Waals surface area contributed by atoms with Gasteiger partial charge in [0, 0.05) is 11.6 Å². The summed E-state index contributed by atoms with van der Waals surface area (Å²) < 4.78 is 10.3. The van der Waals surface area contributed by atoms with Gasteiger partial charge in [0.25, 0.3) is 0 Å². The number of rotatable bonds is 5. The van der Waals surface area contributed by atoms with E-state index in [4.69, 9.17) is 14.7 Å². The van der Waals surface area contributed by atoms with Crippen LogP contribution < -0.4 is 9.47 Å². The fraction of sp³-hybridized carbons (Fsp3) is 0.154. The van der Waals surface area contributed by atoms with Crippen LogP contribution >= 0.6 is 0 Å². The van der Waals surface area contributed by atoms with Crippen LogP contribution in [-0.4, -0.2) is 22.8 Å². The van der Waals surface area contributed by atoms with Gasteiger partial charge in [-0.05, 0) is 13.0 Å². The summed E-state index contributed by atoms with van der Waals surface area (Å²) in [6, 6.07) is 1.43. The van der Waals surface area contributed by atoms with Gasteiger partial charge in [0.05, 0.1) is 0 Å². The Bertz CT molecular complexity index is 561. The third-order valence-corrected chi connectivity index (χ3v) is 2.64. The van der Waals surface area contributed by atoms with Gasteiger partial charge in [-0.15, -0.1) is 6.58 Å². The average molecular weight is 264 g/mol. The van der Waals surface area contributed by atoms with Crippen molar-refractivity contribution in [2.75, 3.05) is 6.61 Å². The van der Waals surface area contributed by atoms with Crippen molar-refractivity contribution < 1.29 is 29.5 Å². The SMILES string of the molecule is C=CCc1c(OC(=C)OO)cc2c(c1O)C(=O)CO2. The van der Waals surface area contributed by atoms with E-state index in [1.165, 1.54) is 12.1 Å². The Labute approximate surface area is 109 Å². The second-order valence-corrected chi connectivity index (χ2v) is 3.85. The van der Waals surface area contributed by atoms with E-state index in [1.54, 1.807) is 0 Å². The highest BCUT2D eigenvalue weighted by molar-refractivity contribution is 6.05. The molecule has 0 fully saturated rings. The van der Waals surface area contributed by atoms with Crippen molar-refractivity contribution >= 4 is 5.78 Å². The molecule has 6 nitrogen and oxygen atoms in total. The number of benzene rings is 1. The zero-order valence-electron chi connectivity index (χ0n) is 10.0. The minimum atomic E-state index is -0.367. The number of hydrogen-bond acceptors (Lipinski definition) is 6. The number of ether oxygens (including phenoxy) is 2. The lowest BCUT2D eigenvalue weighted by atomic mass is 10.0. The Morgan fingerprint density at radius 2 is 2.32 bits per heavy atom. The molecule has 0 radical (unpaired) electrons. The van der Waals surface area contributed by atoms with Crippen LogP contribution in [0.1, 0.15) is 15.9 Å². The van der Waals surface area contributed by atoms with Gasteiger partial charge in [-0.2, -0.15) is 5.26 Å². The largest absolute Gasteiger partial charge is 0.507 e. The lowest BCUT2D eigenvalue weighted by Crippen LogP contribution is -2.02. The molecule has 2 N–H and O–H groups in total. The van der Waals surface area contributed by atoms with Gasteiger partial charge in [0.2, 0.25) is 5.78 Å². The first kappa shape index (κ1) is 13.0. The Hall–Kier alpha value is -2.47. The highest BCUT2D eigenvalue weighted by Gasteiger charge is 2.29. The Kier molecular flexibility index (Phi) is 3.43. The third kappa shape index (κ3) is 2.25. The molecular formula is C13H12O6. The molecule has 100 valence electrons. The monoisotopic (exact) mass is 264 g/mol. The number of aromatic hydroxyl groups is 1. The molecule has 0 bridgehead atoms. The predicted molar refractivity (Wildman–Crippen MR) is 65.3 cm³/mol. The van der Waals surface area contributed by atoms with Crippen LogP contribution in [0.2, 0.25) is 0 Å². The number of allylic oxidation sites excluding steroid dienone is 1. The molecular weight excluding hydrogens is 252 g/mol. The first-order chi connectivity index (χ1) is 9.08. The molecule has 0 saturated carbocycles. The minimum absolute atomic E-state index is 0.125. The van der Waals surface area contributed by atoms with E-state index in [-0.39, 0.29) is 47.6 Å². The van der Waals surface area contributed by atoms with Gasteiger partial charge < -0.3 is 19.5 Å². The van der Waals surface area contributed by atoms with Crippen LogP contribution in [0, 0.1) is 0 Å². The summed E-state index contributed by atoms with van der Waals surface area (Å²) in [5.41, 5.74) is 0.463. The number of phenolic OH excluding ortho intramolecular Hbond substituents is 1. The summed E-state index contributed by atoms with van der Waals surface area (Å²) in [6.07, 6.45) is 1.80. The number of fused-ring (bicyclic) bond motifs is 1. The van der Waals surface area contributed by atoms with Gasteiger partial charge in [0.15, 0.2) is 6.61 Å². The van der Waals surface area contributed by atoms with Gasteiger partial charge >= 0.3 is 5.95 Å². The second-order valence-electron chi connectivity index (χ2n) is 3.85. The number of carbonyl (C=O) groups excluding carboxylic acids is 1. The van der Waals surface area contributed by atoms with Crippen LogP contribution in [0.4, 0.5) is 0 Å². The summed E-state index contributed by atoms with van der Waals surface area (Å²) in [6.45, 7) is 6.73. The molecule has 19 heavy (non-hydrogen) atoms. The molecule has 0 atom stereocenters. The quantitative estimate of drug-likeness (QED) is 0.366. The number of carbonyl (C=O) groups is 1. The van der Waals surface area contributed by atoms with Crippen molar-refractivity contribution in [3.63, 3.8) is 0 Å². The summed E-state index contributed by atoms with van der Waals surface area (Å²) in [5, 5.41) is 18.5. The van der Waals surface area contributed by atoms with E-state index in [0.717, 1.165) is 0 Å². The zero-order chi connectivity index (χ0) is 14.0. The summed E-state index contributed by atoms with van der Waals surface area (Å²) >= 11 is 0. The Morgan fingerprint density at radius 3 is 2.95 bits per heavy atom. The van der Waals surface area contributed by atoms with Crippen LogP contribution in [-0.2, 0) is 11.3 Å². The lowest BCUT2D eigenvalue weighted by Gasteiger charge is -2.13. The molecule has 1 heterocycles. The molecule has 0 aliphatic carbocycles. The maximum atomic E-state index is 11.6. The predicted octanol–water partition coefficient (Wildman–Crippen LogP) is 2.04. The number of Topliss-reactive ketones (excluding diaryl/α,β-unsaturated/α-hetero) is 1. The van der Waals surface area contributed by atoms with Gasteiger partial charge in [-0.25, -0.2) is 0 Å². The maximum absolute atomic E-state index is 11.6. The highest BCUT2D eigenvalue weighted by atomic mass is 17.1. The van der Waals surface area contributed by atoms with E-state index >= 15 is 0 Å². The maximum Gasteiger partial charge on any atom is 0.314 e. The van der Waals surface area contributed by atoms with Gasteiger partial charge in [-0.1, -0.05) is 6.08 Å². The van der Waals surface area contributed by atoms with E-state index in [1.807, 2.05) is 0 Å². The van der Waals surface area contributed by atoms with Crippen LogP contribution in [0.25, 0.3) is 0 Å². The second kappa shape index (κ2) is 5.03. The van der Waals surface area contributed by atoms with E-state index in [2.05, 4.69) is 18.0 Å². The van der Waals surface area contributed by atoms with Crippen LogP contribution in [0.15, 0.2) is 31.2 Å². The van der Waals surface area contributed by atoms with E-state index in [9.17, 15) is 9.90 Å². The Balaban J connectivity index is 2.53. The average Bonchev–Trinajstić information content (AvgIpc) is 2.75. The fourth-order valence-electron chi connectivity index (χ4n) is 1.84. The summed E-state index contributed by atoms with van der Waals surface area (Å²) in [4.78, 5) is 15.4. The van der Waals surface area contributed by atoms with Crippen molar-refractivity contribution in [3.05, 3.63) is 42.4 Å².